The third-order valence-corrected chi connectivity index (χ3v) is 7.50. The summed E-state index contributed by atoms with van der Waals surface area (Å²) < 4.78 is 0. The van der Waals surface area contributed by atoms with Crippen molar-refractivity contribution in [3.8, 4) is 0 Å². The van der Waals surface area contributed by atoms with Crippen molar-refractivity contribution in [1.29, 1.82) is 0 Å². The second-order valence-electron chi connectivity index (χ2n) is 9.90. The van der Waals surface area contributed by atoms with E-state index >= 15 is 0 Å². The zero-order valence-electron chi connectivity index (χ0n) is 24.3. The number of non-ortho nitro benzene ring substituents is 1. The first-order chi connectivity index (χ1) is 21.1. The molecule has 0 saturated carbocycles. The lowest BCUT2D eigenvalue weighted by atomic mass is 10.1. The predicted molar refractivity (Wildman–Crippen MR) is 175 cm³/mol. The Labute approximate surface area is 259 Å². The Morgan fingerprint density at radius 2 is 1.41 bits per heavy atom. The van der Waals surface area contributed by atoms with Gasteiger partial charge in [0.25, 0.3) is 17.5 Å². The molecular formula is C33H31N5O5S. The number of rotatable bonds is 11. The van der Waals surface area contributed by atoms with Crippen LogP contribution in [0.4, 0.5) is 22.7 Å². The van der Waals surface area contributed by atoms with E-state index in [0.29, 0.717) is 16.9 Å². The van der Waals surface area contributed by atoms with Gasteiger partial charge in [0.1, 0.15) is 5.70 Å². The summed E-state index contributed by atoms with van der Waals surface area (Å²) in [5, 5.41) is 18.7. The summed E-state index contributed by atoms with van der Waals surface area (Å²) in [6, 6.07) is 28.8. The number of carbonyl (C=O) groups is 3. The molecule has 0 aromatic heterocycles. The summed E-state index contributed by atoms with van der Waals surface area (Å²) in [5.41, 5.74) is 3.14. The molecule has 1 unspecified atom stereocenters. The molecule has 0 aliphatic carbocycles. The Kier molecular flexibility index (Phi) is 10.5. The molecule has 1 atom stereocenters. The molecule has 44 heavy (non-hydrogen) atoms. The van der Waals surface area contributed by atoms with Crippen molar-refractivity contribution < 1.29 is 19.3 Å². The van der Waals surface area contributed by atoms with Crippen LogP contribution in [-0.4, -0.2) is 42.0 Å². The molecule has 0 bridgehead atoms. The van der Waals surface area contributed by atoms with Crippen LogP contribution in [-0.2, 0) is 9.59 Å². The number of carbonyl (C=O) groups excluding carboxylic acids is 3. The van der Waals surface area contributed by atoms with Crippen molar-refractivity contribution in [1.82, 2.24) is 5.32 Å². The minimum absolute atomic E-state index is 0.0579. The Morgan fingerprint density at radius 3 is 2.00 bits per heavy atom. The fourth-order valence-electron chi connectivity index (χ4n) is 3.96. The number of nitrogens with one attached hydrogen (secondary N) is 3. The molecule has 0 saturated heterocycles. The zero-order chi connectivity index (χ0) is 31.6. The normalized spacial score (nSPS) is 11.7. The highest BCUT2D eigenvalue weighted by molar-refractivity contribution is 8.00. The van der Waals surface area contributed by atoms with Crippen molar-refractivity contribution in [2.75, 3.05) is 29.6 Å². The van der Waals surface area contributed by atoms with E-state index in [4.69, 9.17) is 0 Å². The second kappa shape index (κ2) is 14.7. The van der Waals surface area contributed by atoms with E-state index in [0.717, 1.165) is 16.1 Å². The van der Waals surface area contributed by atoms with Crippen LogP contribution in [0.2, 0.25) is 0 Å². The van der Waals surface area contributed by atoms with E-state index in [1.807, 2.05) is 43.3 Å². The lowest BCUT2D eigenvalue weighted by Crippen LogP contribution is -2.30. The van der Waals surface area contributed by atoms with Crippen molar-refractivity contribution in [3.05, 3.63) is 130 Å². The first-order valence-corrected chi connectivity index (χ1v) is 14.5. The molecule has 0 fully saturated rings. The number of hydrogen-bond acceptors (Lipinski definition) is 7. The molecule has 0 spiro atoms. The van der Waals surface area contributed by atoms with Crippen LogP contribution in [0.15, 0.2) is 114 Å². The predicted octanol–water partition coefficient (Wildman–Crippen LogP) is 6.19. The Morgan fingerprint density at radius 1 is 0.818 bits per heavy atom. The van der Waals surface area contributed by atoms with Crippen molar-refractivity contribution in [2.45, 2.75) is 17.1 Å². The molecule has 3 amide bonds. The summed E-state index contributed by atoms with van der Waals surface area (Å²) in [4.78, 5) is 52.0. The molecule has 4 aromatic carbocycles. The van der Waals surface area contributed by atoms with Crippen LogP contribution in [0.5, 0.6) is 0 Å². The van der Waals surface area contributed by atoms with Crippen LogP contribution in [0, 0.1) is 10.1 Å². The first kappa shape index (κ1) is 31.5. The molecule has 0 aliphatic rings. The molecule has 10 nitrogen and oxygen atoms in total. The van der Waals surface area contributed by atoms with E-state index in [9.17, 15) is 24.5 Å². The summed E-state index contributed by atoms with van der Waals surface area (Å²) >= 11 is 1.32. The van der Waals surface area contributed by atoms with Crippen LogP contribution in [0.1, 0.15) is 22.8 Å². The van der Waals surface area contributed by atoms with Gasteiger partial charge in [0.2, 0.25) is 5.91 Å². The highest BCUT2D eigenvalue weighted by Gasteiger charge is 2.17. The number of hydrogen-bond donors (Lipinski definition) is 3. The van der Waals surface area contributed by atoms with Gasteiger partial charge < -0.3 is 20.9 Å². The monoisotopic (exact) mass is 609 g/mol. The fourth-order valence-corrected chi connectivity index (χ4v) is 4.83. The number of nitro groups is 1. The van der Waals surface area contributed by atoms with Crippen LogP contribution in [0.3, 0.4) is 0 Å². The van der Waals surface area contributed by atoms with Gasteiger partial charge in [0.15, 0.2) is 0 Å². The molecule has 3 N–H and O–H groups in total. The highest BCUT2D eigenvalue weighted by Crippen LogP contribution is 2.26. The Bertz CT molecular complexity index is 1660. The molecule has 0 heterocycles. The number of nitrogens with zero attached hydrogens (tertiary/aromatic N) is 2. The maximum atomic E-state index is 13.3. The molecule has 4 rings (SSSR count). The maximum absolute atomic E-state index is 13.3. The van der Waals surface area contributed by atoms with Crippen molar-refractivity contribution in [3.63, 3.8) is 0 Å². The molecular weight excluding hydrogens is 578 g/mol. The van der Waals surface area contributed by atoms with Crippen LogP contribution >= 0.6 is 11.8 Å². The van der Waals surface area contributed by atoms with Gasteiger partial charge in [0, 0.05) is 53.7 Å². The summed E-state index contributed by atoms with van der Waals surface area (Å²) in [6.45, 7) is 1.75. The van der Waals surface area contributed by atoms with Gasteiger partial charge in [-0.2, -0.15) is 0 Å². The Balaban J connectivity index is 1.42. The van der Waals surface area contributed by atoms with Gasteiger partial charge in [-0.25, -0.2) is 0 Å². The Hall–Kier alpha value is -5.42. The minimum Gasteiger partial charge on any atom is -0.378 e. The van der Waals surface area contributed by atoms with Gasteiger partial charge in [-0.15, -0.1) is 11.8 Å². The SMILES string of the molecule is CC(Sc1ccc(NC(=O)/C(=C/c2ccc(N(C)C)cc2)NC(=O)c2ccccc2)cc1)C(=O)Nc1ccc([N+](=O)[O-])cc1. The summed E-state index contributed by atoms with van der Waals surface area (Å²) in [5.74, 6) is -1.17. The quantitative estimate of drug-likeness (QED) is 0.0799. The molecule has 4 aromatic rings. The number of benzene rings is 4. The van der Waals surface area contributed by atoms with E-state index in [1.54, 1.807) is 67.6 Å². The van der Waals surface area contributed by atoms with Gasteiger partial charge >= 0.3 is 0 Å². The summed E-state index contributed by atoms with van der Waals surface area (Å²) in [6.07, 6.45) is 1.62. The molecule has 224 valence electrons. The first-order valence-electron chi connectivity index (χ1n) is 13.6. The van der Waals surface area contributed by atoms with Gasteiger partial charge in [-0.1, -0.05) is 30.3 Å². The lowest BCUT2D eigenvalue weighted by molar-refractivity contribution is -0.384. The van der Waals surface area contributed by atoms with Crippen molar-refractivity contribution in [2.24, 2.45) is 0 Å². The minimum atomic E-state index is -0.502. The summed E-state index contributed by atoms with van der Waals surface area (Å²) in [7, 11) is 3.87. The molecule has 11 heteroatoms. The smallest absolute Gasteiger partial charge is 0.272 e. The lowest BCUT2D eigenvalue weighted by Gasteiger charge is -2.14. The number of thioether (sulfide) groups is 1. The molecule has 0 radical (unpaired) electrons. The maximum Gasteiger partial charge on any atom is 0.272 e. The van der Waals surface area contributed by atoms with E-state index in [1.165, 1.54) is 36.0 Å². The second-order valence-corrected chi connectivity index (χ2v) is 11.3. The topological polar surface area (TPSA) is 134 Å². The molecule has 0 aliphatic heterocycles. The zero-order valence-corrected chi connectivity index (χ0v) is 25.1. The third kappa shape index (κ3) is 8.79. The van der Waals surface area contributed by atoms with Gasteiger partial charge in [-0.3, -0.25) is 24.5 Å². The average molecular weight is 610 g/mol. The standard InChI is InChI=1S/C33H31N5O5S/c1-22(31(39)34-25-11-17-28(18-12-25)38(42)43)44-29-19-13-26(14-20-29)35-33(41)30(36-32(40)24-7-5-4-6-8-24)21-23-9-15-27(16-10-23)37(2)3/h4-22H,1-3H3,(H,34,39)(H,35,41)(H,36,40)/b30-21-. The third-order valence-electron chi connectivity index (χ3n) is 6.39. The van der Waals surface area contributed by atoms with E-state index < -0.39 is 22.0 Å². The fraction of sp³-hybridized carbons (Fsp3) is 0.121. The van der Waals surface area contributed by atoms with Crippen molar-refractivity contribution >= 4 is 58.3 Å². The largest absolute Gasteiger partial charge is 0.378 e. The number of amides is 3. The van der Waals surface area contributed by atoms with E-state index in [-0.39, 0.29) is 17.3 Å². The van der Waals surface area contributed by atoms with Gasteiger partial charge in [0.05, 0.1) is 10.2 Å². The van der Waals surface area contributed by atoms with Crippen LogP contribution in [0.25, 0.3) is 6.08 Å². The average Bonchev–Trinajstić information content (AvgIpc) is 3.02. The van der Waals surface area contributed by atoms with Gasteiger partial charge in [-0.05, 0) is 79.2 Å². The number of nitro benzene ring substituents is 1. The highest BCUT2D eigenvalue weighted by atomic mass is 32.2. The van der Waals surface area contributed by atoms with Crippen LogP contribution < -0.4 is 20.9 Å². The number of anilines is 3. The van der Waals surface area contributed by atoms with E-state index in [2.05, 4.69) is 16.0 Å².